The Bertz CT molecular complexity index is 1430. The molecule has 1 fully saturated rings. The second-order valence-corrected chi connectivity index (χ2v) is 9.50. The number of hydrogen-bond donors (Lipinski definition) is 0. The van der Waals surface area contributed by atoms with Crippen LogP contribution in [-0.4, -0.2) is 26.5 Å². The summed E-state index contributed by atoms with van der Waals surface area (Å²) >= 11 is 0. The number of allylic oxidation sites excluding steroid dienone is 1. The topological polar surface area (TPSA) is 68.1 Å². The molecule has 0 bridgehead atoms. The Morgan fingerprint density at radius 1 is 1.06 bits per heavy atom. The van der Waals surface area contributed by atoms with Crippen LogP contribution in [-0.2, 0) is 23.2 Å². The van der Waals surface area contributed by atoms with Gasteiger partial charge in [0.2, 0.25) is 5.91 Å². The first-order chi connectivity index (χ1) is 17.0. The highest BCUT2D eigenvalue weighted by Crippen LogP contribution is 2.31. The van der Waals surface area contributed by atoms with Crippen LogP contribution >= 0.6 is 0 Å². The van der Waals surface area contributed by atoms with E-state index < -0.39 is 0 Å². The molecule has 0 spiro atoms. The van der Waals surface area contributed by atoms with Crippen LogP contribution in [0.25, 0.3) is 27.8 Å². The average molecular weight is 467 g/mol. The van der Waals surface area contributed by atoms with Gasteiger partial charge in [0.25, 0.3) is 0 Å². The molecule has 0 N–H and O–H groups in total. The fraction of sp³-hybridized carbons (Fsp3) is 0.310. The van der Waals surface area contributed by atoms with Crippen LogP contribution in [0, 0.1) is 5.92 Å². The summed E-state index contributed by atoms with van der Waals surface area (Å²) in [7, 11) is 1.95. The van der Waals surface area contributed by atoms with Gasteiger partial charge in [-0.1, -0.05) is 37.5 Å². The number of amides is 1. The van der Waals surface area contributed by atoms with Crippen LogP contribution in [0.4, 0.5) is 5.69 Å². The number of nitrogens with zero attached hydrogens (tertiary/aromatic N) is 4. The summed E-state index contributed by atoms with van der Waals surface area (Å²) in [6.45, 7) is 1.98. The van der Waals surface area contributed by atoms with E-state index in [2.05, 4.69) is 34.3 Å². The molecular weight excluding hydrogens is 436 g/mol. The standard InChI is InChI=1S/C29H30N4O2/c1-20(34)11-12-21-13-26(18-30-16-21)33(29(35)22-7-4-3-5-8-22)19-24-10-6-9-23-14-25-17-31-32(2)28(25)15-27(23)24/h6,9-18,22H,3-5,7-8,19H2,1-2H3/b12-11+. The van der Waals surface area contributed by atoms with Crippen molar-refractivity contribution in [3.63, 3.8) is 0 Å². The largest absolute Gasteiger partial charge is 0.306 e. The van der Waals surface area contributed by atoms with Gasteiger partial charge >= 0.3 is 0 Å². The number of benzene rings is 2. The summed E-state index contributed by atoms with van der Waals surface area (Å²) in [6.07, 6.45) is 13.9. The van der Waals surface area contributed by atoms with Crippen molar-refractivity contribution in [3.8, 4) is 0 Å². The Morgan fingerprint density at radius 3 is 2.69 bits per heavy atom. The number of aryl methyl sites for hydroxylation is 1. The van der Waals surface area contributed by atoms with Gasteiger partial charge in [-0.15, -0.1) is 0 Å². The van der Waals surface area contributed by atoms with E-state index in [0.717, 1.165) is 64.2 Å². The number of carbonyl (C=O) groups is 2. The van der Waals surface area contributed by atoms with Gasteiger partial charge in [-0.25, -0.2) is 0 Å². The minimum Gasteiger partial charge on any atom is -0.306 e. The molecule has 6 heteroatoms. The molecule has 0 atom stereocenters. The highest BCUT2D eigenvalue weighted by atomic mass is 16.2. The predicted octanol–water partition coefficient (Wildman–Crippen LogP) is 5.84. The number of aromatic nitrogens is 3. The van der Waals surface area contributed by atoms with E-state index in [0.29, 0.717) is 6.54 Å². The molecule has 0 aliphatic heterocycles. The lowest BCUT2D eigenvalue weighted by atomic mass is 9.88. The molecule has 1 amide bonds. The fourth-order valence-corrected chi connectivity index (χ4v) is 5.06. The van der Waals surface area contributed by atoms with Gasteiger partial charge in [-0.3, -0.25) is 19.3 Å². The van der Waals surface area contributed by atoms with E-state index in [4.69, 9.17) is 0 Å². The monoisotopic (exact) mass is 466 g/mol. The molecule has 35 heavy (non-hydrogen) atoms. The van der Waals surface area contributed by atoms with Crippen LogP contribution in [0.2, 0.25) is 0 Å². The third kappa shape index (κ3) is 4.87. The Labute approximate surface area is 205 Å². The van der Waals surface area contributed by atoms with Gasteiger partial charge in [0.1, 0.15) is 0 Å². The molecule has 5 rings (SSSR count). The lowest BCUT2D eigenvalue weighted by Crippen LogP contribution is -2.37. The SMILES string of the molecule is CC(=O)/C=C/c1cncc(N(Cc2cccc3cc4cnn(C)c4cc23)C(=O)C2CCCCC2)c1. The fourth-order valence-electron chi connectivity index (χ4n) is 5.06. The van der Waals surface area contributed by atoms with E-state index in [1.165, 1.54) is 19.4 Å². The maximum Gasteiger partial charge on any atom is 0.230 e. The van der Waals surface area contributed by atoms with Gasteiger partial charge in [-0.05, 0) is 72.0 Å². The second-order valence-electron chi connectivity index (χ2n) is 9.50. The molecule has 0 radical (unpaired) electrons. The number of ketones is 1. The quantitative estimate of drug-likeness (QED) is 0.335. The first-order valence-electron chi connectivity index (χ1n) is 12.3. The Balaban J connectivity index is 1.57. The van der Waals surface area contributed by atoms with Crippen LogP contribution in [0.3, 0.4) is 0 Å². The third-order valence-corrected chi connectivity index (χ3v) is 6.95. The van der Waals surface area contributed by atoms with E-state index >= 15 is 0 Å². The molecule has 2 aromatic heterocycles. The first-order valence-corrected chi connectivity index (χ1v) is 12.3. The number of fused-ring (bicyclic) bond motifs is 2. The molecular formula is C29H30N4O2. The lowest BCUT2D eigenvalue weighted by Gasteiger charge is -2.30. The molecule has 0 saturated heterocycles. The van der Waals surface area contributed by atoms with E-state index in [-0.39, 0.29) is 17.6 Å². The Kier molecular flexibility index (Phi) is 6.45. The molecule has 2 aromatic carbocycles. The minimum atomic E-state index is -0.0252. The zero-order valence-corrected chi connectivity index (χ0v) is 20.3. The number of anilines is 1. The van der Waals surface area contributed by atoms with Crippen molar-refractivity contribution in [2.45, 2.75) is 45.6 Å². The van der Waals surface area contributed by atoms with Gasteiger partial charge in [0.15, 0.2) is 5.78 Å². The maximum atomic E-state index is 13.9. The summed E-state index contributed by atoms with van der Waals surface area (Å²) in [5.74, 6) is 0.152. The number of carbonyl (C=O) groups excluding carboxylic acids is 2. The average Bonchev–Trinajstić information content (AvgIpc) is 3.24. The van der Waals surface area contributed by atoms with Crippen LogP contribution < -0.4 is 4.90 Å². The van der Waals surface area contributed by atoms with Gasteiger partial charge < -0.3 is 4.90 Å². The summed E-state index contributed by atoms with van der Waals surface area (Å²) in [5.41, 5.74) is 3.70. The molecule has 6 nitrogen and oxygen atoms in total. The minimum absolute atomic E-state index is 0.0252. The normalized spacial score (nSPS) is 14.7. The Hall–Kier alpha value is -3.80. The third-order valence-electron chi connectivity index (χ3n) is 6.95. The highest BCUT2D eigenvalue weighted by molar-refractivity contribution is 6.00. The molecule has 4 aromatic rings. The predicted molar refractivity (Wildman–Crippen MR) is 140 cm³/mol. The number of hydrogen-bond acceptors (Lipinski definition) is 4. The Morgan fingerprint density at radius 2 is 1.89 bits per heavy atom. The number of rotatable bonds is 6. The molecule has 1 aliphatic rings. The van der Waals surface area contributed by atoms with Crippen molar-refractivity contribution in [1.82, 2.24) is 14.8 Å². The van der Waals surface area contributed by atoms with Crippen LogP contribution in [0.5, 0.6) is 0 Å². The zero-order valence-electron chi connectivity index (χ0n) is 20.3. The van der Waals surface area contributed by atoms with Crippen molar-refractivity contribution >= 4 is 45.1 Å². The summed E-state index contributed by atoms with van der Waals surface area (Å²) < 4.78 is 1.88. The summed E-state index contributed by atoms with van der Waals surface area (Å²) in [5, 5.41) is 7.74. The highest BCUT2D eigenvalue weighted by Gasteiger charge is 2.28. The number of pyridine rings is 1. The molecule has 2 heterocycles. The van der Waals surface area contributed by atoms with Crippen LogP contribution in [0.15, 0.2) is 61.1 Å². The lowest BCUT2D eigenvalue weighted by molar-refractivity contribution is -0.123. The van der Waals surface area contributed by atoms with E-state index in [1.54, 1.807) is 18.5 Å². The summed E-state index contributed by atoms with van der Waals surface area (Å²) in [6, 6.07) is 12.5. The first kappa shape index (κ1) is 23.0. The molecule has 0 unspecified atom stereocenters. The zero-order chi connectivity index (χ0) is 24.4. The van der Waals surface area contributed by atoms with Gasteiger partial charge in [0, 0.05) is 24.5 Å². The second kappa shape index (κ2) is 9.82. The molecule has 1 aliphatic carbocycles. The van der Waals surface area contributed by atoms with Crippen molar-refractivity contribution in [2.75, 3.05) is 4.90 Å². The smallest absolute Gasteiger partial charge is 0.230 e. The van der Waals surface area contributed by atoms with Crippen molar-refractivity contribution in [1.29, 1.82) is 0 Å². The van der Waals surface area contributed by atoms with Crippen molar-refractivity contribution in [3.05, 3.63) is 72.2 Å². The molecule has 1 saturated carbocycles. The van der Waals surface area contributed by atoms with Gasteiger partial charge in [-0.2, -0.15) is 5.10 Å². The summed E-state index contributed by atoms with van der Waals surface area (Å²) in [4.78, 5) is 31.6. The van der Waals surface area contributed by atoms with Crippen molar-refractivity contribution in [2.24, 2.45) is 13.0 Å². The van der Waals surface area contributed by atoms with E-state index in [1.807, 2.05) is 35.0 Å². The van der Waals surface area contributed by atoms with Gasteiger partial charge in [0.05, 0.1) is 30.1 Å². The van der Waals surface area contributed by atoms with E-state index in [9.17, 15) is 9.59 Å². The van der Waals surface area contributed by atoms with Crippen LogP contribution in [0.1, 0.15) is 50.2 Å². The van der Waals surface area contributed by atoms with Crippen molar-refractivity contribution < 1.29 is 9.59 Å². The molecule has 178 valence electrons. The maximum absolute atomic E-state index is 13.9.